The van der Waals surface area contributed by atoms with E-state index in [1.807, 2.05) is 48.5 Å². The van der Waals surface area contributed by atoms with E-state index in [0.717, 1.165) is 151 Å². The van der Waals surface area contributed by atoms with E-state index in [1.165, 1.54) is 36.7 Å². The van der Waals surface area contributed by atoms with E-state index in [4.69, 9.17) is 124 Å². The second-order valence-corrected chi connectivity index (χ2v) is 33.3. The Morgan fingerprint density at radius 1 is 0.443 bits per heavy atom. The van der Waals surface area contributed by atoms with Gasteiger partial charge in [-0.1, -0.05) is 144 Å². The van der Waals surface area contributed by atoms with Gasteiger partial charge in [-0.2, -0.15) is 0 Å². The van der Waals surface area contributed by atoms with E-state index in [2.05, 4.69) is 47.3 Å². The van der Waals surface area contributed by atoms with Gasteiger partial charge in [0.2, 0.25) is 0 Å². The molecule has 2 aliphatic carbocycles. The van der Waals surface area contributed by atoms with Crippen LogP contribution in [0.25, 0.3) is 22.7 Å². The second kappa shape index (κ2) is 33.6. The first-order valence-corrected chi connectivity index (χ1v) is 40.1. The van der Waals surface area contributed by atoms with Crippen molar-refractivity contribution in [1.29, 1.82) is 0 Å². The molecule has 14 rings (SSSR count). The number of aryl methyl sites for hydroxylation is 4. The number of halogens is 8. The molecule has 18 nitrogen and oxygen atoms in total. The van der Waals surface area contributed by atoms with Gasteiger partial charge in [0, 0.05) is 57.9 Å². The summed E-state index contributed by atoms with van der Waals surface area (Å²) in [5, 5.41) is 3.16. The molecule has 106 heavy (non-hydrogen) atoms. The fraction of sp³-hybridized carbons (Fsp3) is 0.500. The van der Waals surface area contributed by atoms with Gasteiger partial charge in [-0.25, -0.2) is 19.9 Å². The van der Waals surface area contributed by atoms with Crippen LogP contribution in [0, 0.1) is 71.1 Å². The van der Waals surface area contributed by atoms with Crippen molar-refractivity contribution in [2.75, 3.05) is 78.5 Å². The molecule has 2 atom stereocenters. The molecule has 4 aromatic heterocycles. The number of aromatic nitrogens is 8. The number of hydrogen-bond donors (Lipinski definition) is 2. The van der Waals surface area contributed by atoms with Gasteiger partial charge >= 0.3 is 0 Å². The number of benzene rings is 4. The molecule has 8 aromatic rings. The first kappa shape index (κ1) is 80.8. The third-order valence-corrected chi connectivity index (χ3v) is 26.4. The summed E-state index contributed by atoms with van der Waals surface area (Å²) in [5.41, 5.74) is 17.6. The third kappa shape index (κ3) is 16.9. The number of anilines is 4. The predicted octanol–water partition coefficient (Wildman–Crippen LogP) is 18.1. The summed E-state index contributed by atoms with van der Waals surface area (Å²) in [6, 6.07) is 21.2. The monoisotopic (exact) mass is 1600 g/mol. The number of piperidine rings is 3. The minimum absolute atomic E-state index is 0.0368. The highest BCUT2D eigenvalue weighted by atomic mass is 35.5. The molecule has 26 heteroatoms. The minimum atomic E-state index is -0.144. The van der Waals surface area contributed by atoms with Gasteiger partial charge in [0.25, 0.3) is 22.2 Å². The van der Waals surface area contributed by atoms with Crippen molar-refractivity contribution < 1.29 is 0 Å². The molecule has 1 spiro atoms. The van der Waals surface area contributed by atoms with Crippen molar-refractivity contribution in [1.82, 2.24) is 38.2 Å². The molecular formula is C80H98Cl8N14O4. The van der Waals surface area contributed by atoms with Crippen LogP contribution in [0.5, 0.6) is 0 Å². The van der Waals surface area contributed by atoms with Crippen molar-refractivity contribution in [3.8, 4) is 22.7 Å². The van der Waals surface area contributed by atoms with Crippen LogP contribution >= 0.6 is 92.8 Å². The number of nitrogens with two attached hydrogens (primary N) is 2. The summed E-state index contributed by atoms with van der Waals surface area (Å²) >= 11 is 50.0. The van der Waals surface area contributed by atoms with Gasteiger partial charge in [-0.15, -0.1) is 0 Å². The highest BCUT2D eigenvalue weighted by Crippen LogP contribution is 2.59. The lowest BCUT2D eigenvalue weighted by molar-refractivity contribution is 0.218. The van der Waals surface area contributed by atoms with Crippen molar-refractivity contribution in [3.63, 3.8) is 0 Å². The van der Waals surface area contributed by atoms with Gasteiger partial charge in [0.1, 0.15) is 46.6 Å². The Hall–Kier alpha value is -6.16. The SMILES string of the molecule is CCC1(CN)CCN(c2nc(C)n(-c3cccc(Cl)c3Cl)c(=O)c2C)CC1.CCC1CCCN(c2nc(C)n(-c3cccc(Cl)c3Cl)c(=O)c2C)CC1.Cc1c(N2CCC3(CC2)CC3C)nc(C)n(-c2cccc(Cl)c2Cl)c1=O.Cc1nc(N2CCC(C)(N)CC2)c(C2CC2)c(=O)n1-c1cccc(Cl)c1Cl. The van der Waals surface area contributed by atoms with E-state index in [1.54, 1.807) is 86.5 Å². The molecule has 6 aliphatic rings. The van der Waals surface area contributed by atoms with E-state index in [9.17, 15) is 19.2 Å². The van der Waals surface area contributed by atoms with Crippen LogP contribution in [0.3, 0.4) is 0 Å². The number of rotatable bonds is 12. The molecule has 2 unspecified atom stereocenters. The first-order chi connectivity index (χ1) is 50.4. The van der Waals surface area contributed by atoms with Crippen LogP contribution in [0.2, 0.25) is 40.2 Å². The largest absolute Gasteiger partial charge is 0.356 e. The van der Waals surface area contributed by atoms with E-state index >= 15 is 0 Å². The maximum atomic E-state index is 13.5. The summed E-state index contributed by atoms with van der Waals surface area (Å²) in [7, 11) is 0. The van der Waals surface area contributed by atoms with Gasteiger partial charge in [0.05, 0.1) is 85.2 Å². The molecule has 4 N–H and O–H groups in total. The van der Waals surface area contributed by atoms with Crippen molar-refractivity contribution >= 4 is 116 Å². The molecule has 2 saturated carbocycles. The zero-order valence-electron chi connectivity index (χ0n) is 62.6. The Balaban J connectivity index is 0.000000141. The van der Waals surface area contributed by atoms with E-state index < -0.39 is 0 Å². The summed E-state index contributed by atoms with van der Waals surface area (Å²) in [4.78, 5) is 81.0. The third-order valence-electron chi connectivity index (χ3n) is 23.2. The van der Waals surface area contributed by atoms with Crippen LogP contribution in [0.15, 0.2) is 92.0 Å². The summed E-state index contributed by atoms with van der Waals surface area (Å²) in [5.74, 6) is 7.54. The standard InChI is InChI=1S/C20H24Cl2N4O.C20H26Cl2N4O.C20H23Cl2N3O.C20H25Cl2N3O/c1-12-24-18(25-10-8-20(2,23)9-11-25)16(13-6-7-13)19(27)26(12)15-5-3-4-14(21)17(15)22;1-4-20(12-23)8-10-25(11-9-20)18-13(2)19(27)26(14(3)24-18)16-7-5-6-15(21)17(16)22;1-12-11-20(12)7-9-24(10-8-20)18-13(2)19(26)25(14(3)23-18)16-6-4-5-15(21)17(16)22;1-4-15-7-6-11-24(12-10-15)19-13(2)20(26)25(14(3)23-19)17-9-5-8-16(21)18(17)22/h3-5,13H,6-11,23H2,1-2H3;5-7H,4,8-12,23H2,1-3H3;4-6,12H,7-11H2,1-3H3;5,8-9,15H,4,6-7,10-12H2,1-3H3. The Morgan fingerprint density at radius 3 is 1.11 bits per heavy atom. The average Bonchev–Trinajstić information content (AvgIpc) is 1.66. The molecule has 4 saturated heterocycles. The summed E-state index contributed by atoms with van der Waals surface area (Å²) < 4.78 is 6.25. The summed E-state index contributed by atoms with van der Waals surface area (Å²) in [6.45, 7) is 29.7. The lowest BCUT2D eigenvalue weighted by Gasteiger charge is -2.41. The van der Waals surface area contributed by atoms with E-state index in [-0.39, 0.29) is 39.1 Å². The van der Waals surface area contributed by atoms with Crippen LogP contribution < -0.4 is 53.3 Å². The number of nitrogens with zero attached hydrogens (tertiary/aromatic N) is 12. The normalized spacial score (nSPS) is 18.8. The molecule has 568 valence electrons. The fourth-order valence-electron chi connectivity index (χ4n) is 15.7. The van der Waals surface area contributed by atoms with Crippen molar-refractivity contribution in [2.45, 2.75) is 178 Å². The lowest BCUT2D eigenvalue weighted by atomic mass is 9.76. The van der Waals surface area contributed by atoms with Crippen LogP contribution in [0.1, 0.15) is 169 Å². The zero-order valence-corrected chi connectivity index (χ0v) is 68.6. The topological polar surface area (TPSA) is 205 Å². The zero-order chi connectivity index (χ0) is 76.6. The quantitative estimate of drug-likeness (QED) is 0.117. The maximum Gasteiger partial charge on any atom is 0.263 e. The Bertz CT molecular complexity index is 4830. The van der Waals surface area contributed by atoms with Crippen molar-refractivity contribution in [2.24, 2.45) is 34.1 Å². The van der Waals surface area contributed by atoms with E-state index in [0.29, 0.717) is 115 Å². The molecule has 0 amide bonds. The van der Waals surface area contributed by atoms with Crippen LogP contribution in [-0.4, -0.2) is 103 Å². The molecule has 4 aliphatic heterocycles. The number of hydrogen-bond acceptors (Lipinski definition) is 14. The van der Waals surface area contributed by atoms with Crippen LogP contribution in [-0.2, 0) is 0 Å². The average molecular weight is 1600 g/mol. The summed E-state index contributed by atoms with van der Waals surface area (Å²) in [6.07, 6.45) is 15.4. The molecule has 4 aromatic carbocycles. The minimum Gasteiger partial charge on any atom is -0.356 e. The Labute approximate surface area is 662 Å². The first-order valence-electron chi connectivity index (χ1n) is 37.1. The second-order valence-electron chi connectivity index (χ2n) is 30.2. The maximum absolute atomic E-state index is 13.5. The molecule has 6 fully saturated rings. The lowest BCUT2D eigenvalue weighted by Crippen LogP contribution is -2.49. The molecule has 8 heterocycles. The Morgan fingerprint density at radius 2 is 0.774 bits per heavy atom. The van der Waals surface area contributed by atoms with Gasteiger partial charge in [-0.05, 0) is 223 Å². The predicted molar refractivity (Wildman–Crippen MR) is 439 cm³/mol. The van der Waals surface area contributed by atoms with Gasteiger partial charge < -0.3 is 31.1 Å². The van der Waals surface area contributed by atoms with Gasteiger partial charge in [0.15, 0.2) is 0 Å². The van der Waals surface area contributed by atoms with Crippen LogP contribution in [0.4, 0.5) is 23.3 Å². The molecule has 0 bridgehead atoms. The van der Waals surface area contributed by atoms with Crippen molar-refractivity contribution in [3.05, 3.63) is 200 Å². The fourth-order valence-corrected chi connectivity index (χ4v) is 17.2. The smallest absolute Gasteiger partial charge is 0.263 e. The van der Waals surface area contributed by atoms with Gasteiger partial charge in [-0.3, -0.25) is 37.4 Å². The molecule has 0 radical (unpaired) electrons. The highest BCUT2D eigenvalue weighted by Gasteiger charge is 2.52. The Kier molecular flexibility index (Phi) is 25.6. The highest BCUT2D eigenvalue weighted by molar-refractivity contribution is 6.44. The molecular weight excluding hydrogens is 1500 g/mol.